The predicted octanol–water partition coefficient (Wildman–Crippen LogP) is 1.59. The van der Waals surface area contributed by atoms with Gasteiger partial charge in [0.15, 0.2) is 6.61 Å². The Bertz CT molecular complexity index is 772. The lowest BCUT2D eigenvalue weighted by Gasteiger charge is -2.24. The van der Waals surface area contributed by atoms with Gasteiger partial charge >= 0.3 is 0 Å². The van der Waals surface area contributed by atoms with Crippen LogP contribution in [0.3, 0.4) is 0 Å². The van der Waals surface area contributed by atoms with Gasteiger partial charge in [0.05, 0.1) is 18.3 Å². The molecule has 0 bridgehead atoms. The van der Waals surface area contributed by atoms with Crippen LogP contribution in [-0.4, -0.2) is 46.2 Å². The van der Waals surface area contributed by atoms with Gasteiger partial charge in [-0.25, -0.2) is 0 Å². The van der Waals surface area contributed by atoms with Gasteiger partial charge in [-0.05, 0) is 31.9 Å². The van der Waals surface area contributed by atoms with Crippen LogP contribution in [0, 0.1) is 6.92 Å². The topological polar surface area (TPSA) is 76.5 Å². The highest BCUT2D eigenvalue weighted by Gasteiger charge is 2.31. The zero-order chi connectivity index (χ0) is 18.5. The summed E-state index contributed by atoms with van der Waals surface area (Å²) in [6.07, 6.45) is 3.84. The van der Waals surface area contributed by atoms with Crippen molar-refractivity contribution >= 4 is 11.8 Å². The van der Waals surface area contributed by atoms with E-state index in [2.05, 4.69) is 10.4 Å². The van der Waals surface area contributed by atoms with E-state index in [1.165, 1.54) is 0 Å². The third kappa shape index (κ3) is 4.22. The fraction of sp³-hybridized carbons (Fsp3) is 0.421. The maximum absolute atomic E-state index is 12.6. The Morgan fingerprint density at radius 2 is 2.08 bits per heavy atom. The number of likely N-dealkylation sites (tertiary alicyclic amines) is 1. The van der Waals surface area contributed by atoms with Gasteiger partial charge in [0.25, 0.3) is 5.91 Å². The van der Waals surface area contributed by atoms with Gasteiger partial charge in [0.1, 0.15) is 5.75 Å². The van der Waals surface area contributed by atoms with E-state index < -0.39 is 0 Å². The Balaban J connectivity index is 1.51. The molecule has 1 aliphatic rings. The molecule has 1 unspecified atom stereocenters. The number of rotatable bonds is 6. The minimum Gasteiger partial charge on any atom is -0.484 e. The molecular weight excluding hydrogens is 332 g/mol. The Morgan fingerprint density at radius 3 is 2.77 bits per heavy atom. The van der Waals surface area contributed by atoms with Gasteiger partial charge in [-0.15, -0.1) is 0 Å². The first kappa shape index (κ1) is 18.0. The summed E-state index contributed by atoms with van der Waals surface area (Å²) in [5.74, 6) is 0.236. The fourth-order valence-electron chi connectivity index (χ4n) is 3.33. The standard InChI is InChI=1S/C19H24N4O3/c1-14-16(12-22(2)21-14)17-9-6-10-23(17)19(25)11-20-18(24)13-26-15-7-4-3-5-8-15/h3-5,7-8,12,17H,6,9-11,13H2,1-2H3,(H,20,24). The molecule has 2 amide bonds. The molecule has 0 spiro atoms. The van der Waals surface area contributed by atoms with Crippen molar-refractivity contribution in [3.8, 4) is 5.75 Å². The van der Waals surface area contributed by atoms with Crippen LogP contribution in [0.25, 0.3) is 0 Å². The molecule has 1 fully saturated rings. The molecule has 7 heteroatoms. The number of para-hydroxylation sites is 1. The summed E-state index contributed by atoms with van der Waals surface area (Å²) in [5.41, 5.74) is 2.02. The van der Waals surface area contributed by atoms with Gasteiger partial charge < -0.3 is 15.0 Å². The smallest absolute Gasteiger partial charge is 0.258 e. The maximum Gasteiger partial charge on any atom is 0.258 e. The molecule has 1 aromatic heterocycles. The van der Waals surface area contributed by atoms with Crippen LogP contribution in [-0.2, 0) is 16.6 Å². The molecule has 1 N–H and O–H groups in total. The van der Waals surface area contributed by atoms with Crippen molar-refractivity contribution in [2.75, 3.05) is 19.7 Å². The minimum absolute atomic E-state index is 0.0210. The molecule has 1 aliphatic heterocycles. The molecular formula is C19H24N4O3. The van der Waals surface area contributed by atoms with Crippen LogP contribution in [0.15, 0.2) is 36.5 Å². The largest absolute Gasteiger partial charge is 0.484 e. The molecule has 26 heavy (non-hydrogen) atoms. The zero-order valence-corrected chi connectivity index (χ0v) is 15.1. The molecule has 2 aromatic rings. The average molecular weight is 356 g/mol. The van der Waals surface area contributed by atoms with E-state index in [0.29, 0.717) is 12.3 Å². The number of carbonyl (C=O) groups excluding carboxylic acids is 2. The highest BCUT2D eigenvalue weighted by Crippen LogP contribution is 2.33. The van der Waals surface area contributed by atoms with E-state index in [0.717, 1.165) is 24.1 Å². The number of hydrogen-bond acceptors (Lipinski definition) is 4. The number of aryl methyl sites for hydroxylation is 2. The second kappa shape index (κ2) is 8.03. The monoisotopic (exact) mass is 356 g/mol. The number of ether oxygens (including phenoxy) is 1. The molecule has 0 aliphatic carbocycles. The molecule has 1 saturated heterocycles. The summed E-state index contributed by atoms with van der Waals surface area (Å²) in [4.78, 5) is 26.3. The van der Waals surface area contributed by atoms with E-state index >= 15 is 0 Å². The Hall–Kier alpha value is -2.83. The van der Waals surface area contributed by atoms with Crippen molar-refractivity contribution in [1.82, 2.24) is 20.0 Å². The molecule has 7 nitrogen and oxygen atoms in total. The lowest BCUT2D eigenvalue weighted by Crippen LogP contribution is -2.41. The first-order valence-corrected chi connectivity index (χ1v) is 8.79. The van der Waals surface area contributed by atoms with Crippen LogP contribution in [0.2, 0.25) is 0 Å². The van der Waals surface area contributed by atoms with Crippen LogP contribution in [0.1, 0.15) is 30.1 Å². The highest BCUT2D eigenvalue weighted by molar-refractivity contribution is 5.85. The number of hydrogen-bond donors (Lipinski definition) is 1. The number of nitrogens with one attached hydrogen (secondary N) is 1. The average Bonchev–Trinajstić information content (AvgIpc) is 3.24. The Kier molecular flexibility index (Phi) is 5.55. The third-order valence-corrected chi connectivity index (χ3v) is 4.53. The van der Waals surface area contributed by atoms with E-state index in [1.54, 1.807) is 16.8 Å². The van der Waals surface area contributed by atoms with Crippen molar-refractivity contribution in [2.45, 2.75) is 25.8 Å². The summed E-state index contributed by atoms with van der Waals surface area (Å²) < 4.78 is 7.16. The van der Waals surface area contributed by atoms with Crippen molar-refractivity contribution in [1.29, 1.82) is 0 Å². The quantitative estimate of drug-likeness (QED) is 0.853. The van der Waals surface area contributed by atoms with Crippen LogP contribution in [0.5, 0.6) is 5.75 Å². The third-order valence-electron chi connectivity index (χ3n) is 4.53. The summed E-state index contributed by atoms with van der Waals surface area (Å²) in [6, 6.07) is 9.15. The van der Waals surface area contributed by atoms with Crippen LogP contribution in [0.4, 0.5) is 0 Å². The number of nitrogens with zero attached hydrogens (tertiary/aromatic N) is 3. The molecule has 1 aromatic carbocycles. The van der Waals surface area contributed by atoms with E-state index in [4.69, 9.17) is 4.74 Å². The van der Waals surface area contributed by atoms with Gasteiger partial charge in [0, 0.05) is 25.4 Å². The molecule has 138 valence electrons. The number of benzene rings is 1. The zero-order valence-electron chi connectivity index (χ0n) is 15.1. The number of amides is 2. The Labute approximate surface area is 152 Å². The number of carbonyl (C=O) groups is 2. The van der Waals surface area contributed by atoms with Gasteiger partial charge in [-0.2, -0.15) is 5.10 Å². The van der Waals surface area contributed by atoms with E-state index in [9.17, 15) is 9.59 Å². The summed E-state index contributed by atoms with van der Waals surface area (Å²) in [6.45, 7) is 2.53. The van der Waals surface area contributed by atoms with Crippen molar-refractivity contribution < 1.29 is 14.3 Å². The Morgan fingerprint density at radius 1 is 1.31 bits per heavy atom. The maximum atomic E-state index is 12.6. The van der Waals surface area contributed by atoms with E-state index in [1.807, 2.05) is 43.3 Å². The lowest BCUT2D eigenvalue weighted by molar-refractivity contribution is -0.134. The SMILES string of the molecule is Cc1nn(C)cc1C1CCCN1C(=O)CNC(=O)COc1ccccc1. The normalized spacial score (nSPS) is 16.5. The highest BCUT2D eigenvalue weighted by atomic mass is 16.5. The van der Waals surface area contributed by atoms with Gasteiger partial charge in [-0.1, -0.05) is 18.2 Å². The van der Waals surface area contributed by atoms with E-state index in [-0.39, 0.29) is 31.0 Å². The van der Waals surface area contributed by atoms with Crippen LogP contribution >= 0.6 is 0 Å². The second-order valence-electron chi connectivity index (χ2n) is 6.47. The van der Waals surface area contributed by atoms with Gasteiger partial charge in [0.2, 0.25) is 5.91 Å². The van der Waals surface area contributed by atoms with Crippen molar-refractivity contribution in [3.63, 3.8) is 0 Å². The minimum atomic E-state index is -0.310. The van der Waals surface area contributed by atoms with Crippen molar-refractivity contribution in [2.24, 2.45) is 7.05 Å². The summed E-state index contributed by atoms with van der Waals surface area (Å²) in [5, 5.41) is 7.01. The molecule has 0 radical (unpaired) electrons. The summed E-state index contributed by atoms with van der Waals surface area (Å²) in [7, 11) is 1.88. The predicted molar refractivity (Wildman–Crippen MR) is 96.6 cm³/mol. The van der Waals surface area contributed by atoms with Gasteiger partial charge in [-0.3, -0.25) is 14.3 Å². The molecule has 1 atom stereocenters. The van der Waals surface area contributed by atoms with Crippen LogP contribution < -0.4 is 10.1 Å². The first-order chi connectivity index (χ1) is 12.5. The molecule has 0 saturated carbocycles. The lowest BCUT2D eigenvalue weighted by atomic mass is 10.1. The first-order valence-electron chi connectivity index (χ1n) is 8.79. The van der Waals surface area contributed by atoms with Crippen molar-refractivity contribution in [3.05, 3.63) is 47.8 Å². The summed E-state index contributed by atoms with van der Waals surface area (Å²) >= 11 is 0. The fourth-order valence-corrected chi connectivity index (χ4v) is 3.33. The second-order valence-corrected chi connectivity index (χ2v) is 6.47. The molecule has 2 heterocycles. The number of aromatic nitrogens is 2. The molecule has 3 rings (SSSR count).